The number of aryl methyl sites for hydroxylation is 1. The van der Waals surface area contributed by atoms with Crippen LogP contribution in [0.1, 0.15) is 57.6 Å². The summed E-state index contributed by atoms with van der Waals surface area (Å²) in [7, 11) is 0. The van der Waals surface area contributed by atoms with Crippen LogP contribution in [0, 0.1) is 17.8 Å². The van der Waals surface area contributed by atoms with Gasteiger partial charge in [-0.3, -0.25) is 4.79 Å². The third-order valence-corrected chi connectivity index (χ3v) is 6.59. The molecule has 5 nitrogen and oxygen atoms in total. The molecule has 1 aliphatic heterocycles. The minimum Gasteiger partial charge on any atom is -0.508 e. The van der Waals surface area contributed by atoms with Gasteiger partial charge in [-0.05, 0) is 61.1 Å². The van der Waals surface area contributed by atoms with E-state index >= 15 is 0 Å². The fourth-order valence-electron chi connectivity index (χ4n) is 5.80. The van der Waals surface area contributed by atoms with E-state index in [1.165, 1.54) is 6.07 Å². The van der Waals surface area contributed by atoms with E-state index in [9.17, 15) is 14.7 Å². The second-order valence-corrected chi connectivity index (χ2v) is 9.91. The Morgan fingerprint density at radius 1 is 1.29 bits per heavy atom. The summed E-state index contributed by atoms with van der Waals surface area (Å²) in [5.41, 5.74) is 1.82. The highest BCUT2D eigenvalue weighted by molar-refractivity contribution is 5.82. The van der Waals surface area contributed by atoms with Crippen LogP contribution >= 0.6 is 0 Å². The molecule has 1 aromatic carbocycles. The van der Waals surface area contributed by atoms with Gasteiger partial charge >= 0.3 is 5.63 Å². The Morgan fingerprint density at radius 2 is 2.04 bits per heavy atom. The molecule has 0 radical (unpaired) electrons. The second-order valence-electron chi connectivity index (χ2n) is 9.91. The minimum atomic E-state index is -0.420. The number of carbonyl (C=O) groups is 1. The van der Waals surface area contributed by atoms with Crippen LogP contribution in [0.2, 0.25) is 0 Å². The number of hydrogen-bond donors (Lipinski definition) is 1. The average molecular weight is 383 g/mol. The van der Waals surface area contributed by atoms with Crippen molar-refractivity contribution in [3.63, 3.8) is 0 Å². The van der Waals surface area contributed by atoms with Crippen LogP contribution < -0.4 is 5.63 Å². The first-order valence-corrected chi connectivity index (χ1v) is 10.1. The number of benzene rings is 1. The number of aromatic hydroxyl groups is 1. The van der Waals surface area contributed by atoms with E-state index in [-0.39, 0.29) is 22.5 Å². The van der Waals surface area contributed by atoms with Crippen LogP contribution in [-0.4, -0.2) is 28.5 Å². The summed E-state index contributed by atoms with van der Waals surface area (Å²) in [6.07, 6.45) is 3.99. The highest BCUT2D eigenvalue weighted by atomic mass is 16.4. The van der Waals surface area contributed by atoms with E-state index in [0.29, 0.717) is 30.0 Å². The van der Waals surface area contributed by atoms with Crippen LogP contribution in [0.5, 0.6) is 5.75 Å². The molecule has 4 rings (SSSR count). The van der Waals surface area contributed by atoms with Gasteiger partial charge in [-0.2, -0.15) is 0 Å². The number of hydrogen-bond acceptors (Lipinski definition) is 4. The molecular weight excluding hydrogens is 354 g/mol. The van der Waals surface area contributed by atoms with Gasteiger partial charge in [0.1, 0.15) is 11.3 Å². The lowest BCUT2D eigenvalue weighted by Crippen LogP contribution is -2.38. The van der Waals surface area contributed by atoms with Gasteiger partial charge in [0.2, 0.25) is 5.91 Å². The first-order chi connectivity index (χ1) is 13.1. The molecule has 2 bridgehead atoms. The number of amides is 1. The average Bonchev–Trinajstić information content (AvgIpc) is 2.83. The normalized spacial score (nSPS) is 26.0. The van der Waals surface area contributed by atoms with Crippen molar-refractivity contribution in [2.75, 3.05) is 6.54 Å². The zero-order valence-corrected chi connectivity index (χ0v) is 17.2. The number of fused-ring (bicyclic) bond motifs is 3. The maximum absolute atomic E-state index is 13.0. The Hall–Kier alpha value is -2.30. The molecule has 2 aromatic rings. The lowest BCUT2D eigenvalue weighted by Gasteiger charge is -2.39. The molecule has 5 heteroatoms. The Kier molecular flexibility index (Phi) is 4.32. The first-order valence-electron chi connectivity index (χ1n) is 10.1. The van der Waals surface area contributed by atoms with Crippen LogP contribution in [0.15, 0.2) is 27.4 Å². The van der Waals surface area contributed by atoms with Gasteiger partial charge < -0.3 is 14.4 Å². The number of likely N-dealkylation sites (tertiary alicyclic amines) is 1. The maximum atomic E-state index is 13.0. The van der Waals surface area contributed by atoms with Crippen molar-refractivity contribution in [3.05, 3.63) is 39.7 Å². The first kappa shape index (κ1) is 19.0. The second kappa shape index (κ2) is 6.36. The molecule has 0 unspecified atom stereocenters. The van der Waals surface area contributed by atoms with Crippen LogP contribution in [-0.2, 0) is 11.2 Å². The van der Waals surface area contributed by atoms with Crippen molar-refractivity contribution in [2.24, 2.45) is 10.8 Å². The van der Waals surface area contributed by atoms with E-state index < -0.39 is 5.63 Å². The topological polar surface area (TPSA) is 70.8 Å². The van der Waals surface area contributed by atoms with Gasteiger partial charge in [0.15, 0.2) is 0 Å². The third-order valence-electron chi connectivity index (χ3n) is 6.59. The molecule has 1 N–H and O–H groups in total. The molecule has 1 amide bonds. The summed E-state index contributed by atoms with van der Waals surface area (Å²) in [6.45, 7) is 9.60. The fraction of sp³-hybridized carbons (Fsp3) is 0.565. The molecule has 150 valence electrons. The van der Waals surface area contributed by atoms with Gasteiger partial charge in [0.25, 0.3) is 0 Å². The number of carbonyl (C=O) groups excluding carboxylic acids is 1. The predicted molar refractivity (Wildman–Crippen MR) is 108 cm³/mol. The molecule has 2 atom stereocenters. The Labute approximate surface area is 165 Å². The molecule has 0 spiro atoms. The van der Waals surface area contributed by atoms with Crippen molar-refractivity contribution in [3.8, 4) is 5.75 Å². The molecule has 28 heavy (non-hydrogen) atoms. The number of nitrogens with zero attached hydrogens (tertiary/aromatic N) is 1. The lowest BCUT2D eigenvalue weighted by atomic mass is 9.65. The van der Waals surface area contributed by atoms with E-state index in [4.69, 9.17) is 4.42 Å². The van der Waals surface area contributed by atoms with E-state index in [1.54, 1.807) is 12.1 Å². The van der Waals surface area contributed by atoms with Gasteiger partial charge in [-0.15, -0.1) is 0 Å². The van der Waals surface area contributed by atoms with Crippen molar-refractivity contribution in [2.45, 2.75) is 65.8 Å². The summed E-state index contributed by atoms with van der Waals surface area (Å²) in [4.78, 5) is 27.5. The van der Waals surface area contributed by atoms with Gasteiger partial charge in [0, 0.05) is 36.0 Å². The molecule has 1 aliphatic carbocycles. The molecule has 2 aliphatic rings. The number of rotatable bonds is 3. The van der Waals surface area contributed by atoms with E-state index in [2.05, 4.69) is 25.7 Å². The Balaban J connectivity index is 1.53. The van der Waals surface area contributed by atoms with Crippen LogP contribution in [0.4, 0.5) is 0 Å². The molecule has 2 fully saturated rings. The zero-order valence-electron chi connectivity index (χ0n) is 17.2. The van der Waals surface area contributed by atoms with Gasteiger partial charge in [-0.25, -0.2) is 4.79 Å². The summed E-state index contributed by atoms with van der Waals surface area (Å²) in [5.74, 6) is 0.200. The number of phenols is 1. The van der Waals surface area contributed by atoms with Crippen LogP contribution in [0.3, 0.4) is 0 Å². The van der Waals surface area contributed by atoms with Gasteiger partial charge in [-0.1, -0.05) is 20.8 Å². The summed E-state index contributed by atoms with van der Waals surface area (Å²) in [6, 6.07) is 5.10. The fourth-order valence-corrected chi connectivity index (χ4v) is 5.80. The SMILES string of the molecule is Cc1c(CCC(=O)N2C[C@@]3(C)C[C@H]2CC(C)(C)C3)c(=O)oc2cc(O)ccc12. The van der Waals surface area contributed by atoms with E-state index in [0.717, 1.165) is 36.8 Å². The minimum absolute atomic E-state index is 0.0644. The van der Waals surface area contributed by atoms with Crippen molar-refractivity contribution in [1.29, 1.82) is 0 Å². The van der Waals surface area contributed by atoms with Crippen molar-refractivity contribution >= 4 is 16.9 Å². The Morgan fingerprint density at radius 3 is 2.79 bits per heavy atom. The van der Waals surface area contributed by atoms with Gasteiger partial charge in [0.05, 0.1) is 0 Å². The van der Waals surface area contributed by atoms with Crippen molar-refractivity contribution in [1.82, 2.24) is 4.90 Å². The molecular formula is C23H29NO4. The highest BCUT2D eigenvalue weighted by Gasteiger charge is 2.50. The van der Waals surface area contributed by atoms with E-state index in [1.807, 2.05) is 6.92 Å². The predicted octanol–water partition coefficient (Wildman–Crippen LogP) is 4.17. The number of phenolic OH excluding ortho intramolecular Hbond substituents is 1. The zero-order chi connectivity index (χ0) is 20.3. The third kappa shape index (κ3) is 3.31. The lowest BCUT2D eigenvalue weighted by molar-refractivity contribution is -0.132. The molecule has 1 saturated carbocycles. The summed E-state index contributed by atoms with van der Waals surface area (Å²) < 4.78 is 5.38. The molecule has 1 aromatic heterocycles. The quantitative estimate of drug-likeness (QED) is 0.808. The smallest absolute Gasteiger partial charge is 0.339 e. The highest BCUT2D eigenvalue weighted by Crippen LogP contribution is 2.52. The van der Waals surface area contributed by atoms with Crippen LogP contribution in [0.25, 0.3) is 11.0 Å². The Bertz CT molecular complexity index is 1010. The monoisotopic (exact) mass is 383 g/mol. The largest absolute Gasteiger partial charge is 0.508 e. The van der Waals surface area contributed by atoms with Crippen molar-refractivity contribution < 1.29 is 14.3 Å². The summed E-state index contributed by atoms with van der Waals surface area (Å²) >= 11 is 0. The summed E-state index contributed by atoms with van der Waals surface area (Å²) in [5, 5.41) is 10.4. The maximum Gasteiger partial charge on any atom is 0.339 e. The standard InChI is InChI=1S/C23H29NO4/c1-14-17-6-5-16(25)9-19(17)28-21(27)18(14)7-8-20(26)24-13-23(4)11-15(24)10-22(2,3)12-23/h5-6,9,15,25H,7-8,10-13H2,1-4H3/t15-,23+/m1/s1. The molecule has 2 heterocycles. The molecule has 1 saturated heterocycles.